The number of para-hydroxylation sites is 1. The molecule has 0 radical (unpaired) electrons. The highest BCUT2D eigenvalue weighted by Gasteiger charge is 2.13. The van der Waals surface area contributed by atoms with E-state index in [1.54, 1.807) is 12.1 Å². The summed E-state index contributed by atoms with van der Waals surface area (Å²) >= 11 is 0. The first-order chi connectivity index (χ1) is 9.49. The lowest BCUT2D eigenvalue weighted by Crippen LogP contribution is -2.11. The van der Waals surface area contributed by atoms with Crippen molar-refractivity contribution in [2.75, 3.05) is 0 Å². The first-order valence-electron chi connectivity index (χ1n) is 5.62. The molecule has 6 nitrogen and oxygen atoms in total. The van der Waals surface area contributed by atoms with Crippen molar-refractivity contribution in [3.63, 3.8) is 0 Å². The van der Waals surface area contributed by atoms with Crippen LogP contribution in [0.3, 0.4) is 0 Å². The highest BCUT2D eigenvalue weighted by atomic mass is 16.5. The largest absolute Gasteiger partial charge is 0.507 e. The third-order valence-corrected chi connectivity index (χ3v) is 2.58. The average molecular weight is 273 g/mol. The number of hydrogen-bond acceptors (Lipinski definition) is 4. The van der Waals surface area contributed by atoms with E-state index >= 15 is 0 Å². The zero-order valence-corrected chi connectivity index (χ0v) is 10.2. The van der Waals surface area contributed by atoms with Crippen LogP contribution in [0.1, 0.15) is 20.7 Å². The fraction of sp³-hybridized carbons (Fsp3) is 0. The molecule has 0 aliphatic carbocycles. The number of hydrogen-bond donors (Lipinski definition) is 3. The van der Waals surface area contributed by atoms with E-state index in [0.29, 0.717) is 0 Å². The van der Waals surface area contributed by atoms with Gasteiger partial charge in [0.05, 0.1) is 5.56 Å². The molecular weight excluding hydrogens is 262 g/mol. The number of rotatable bonds is 4. The van der Waals surface area contributed by atoms with Gasteiger partial charge in [-0.05, 0) is 30.3 Å². The second kappa shape index (κ2) is 5.31. The topological polar surface area (TPSA) is 110 Å². The summed E-state index contributed by atoms with van der Waals surface area (Å²) in [4.78, 5) is 22.2. The molecule has 6 heteroatoms. The molecule has 0 heterocycles. The van der Waals surface area contributed by atoms with Crippen LogP contribution in [-0.4, -0.2) is 22.1 Å². The maximum absolute atomic E-state index is 11.1. The second-order valence-corrected chi connectivity index (χ2v) is 3.95. The van der Waals surface area contributed by atoms with Crippen molar-refractivity contribution in [1.82, 2.24) is 0 Å². The molecule has 2 aromatic rings. The zero-order chi connectivity index (χ0) is 14.7. The molecule has 0 aliphatic heterocycles. The van der Waals surface area contributed by atoms with E-state index in [2.05, 4.69) is 0 Å². The molecule has 0 bridgehead atoms. The van der Waals surface area contributed by atoms with E-state index in [4.69, 9.17) is 15.6 Å². The summed E-state index contributed by atoms with van der Waals surface area (Å²) in [6, 6.07) is 9.97. The predicted molar refractivity (Wildman–Crippen MR) is 70.1 cm³/mol. The molecule has 0 unspecified atom stereocenters. The number of nitrogens with two attached hydrogens (primary N) is 1. The van der Waals surface area contributed by atoms with Crippen molar-refractivity contribution in [1.29, 1.82) is 0 Å². The molecule has 4 N–H and O–H groups in total. The van der Waals surface area contributed by atoms with Crippen molar-refractivity contribution in [2.24, 2.45) is 5.73 Å². The van der Waals surface area contributed by atoms with Crippen LogP contribution in [0.2, 0.25) is 0 Å². The maximum Gasteiger partial charge on any atom is 0.339 e. The molecule has 20 heavy (non-hydrogen) atoms. The van der Waals surface area contributed by atoms with Gasteiger partial charge in [-0.25, -0.2) is 4.79 Å². The van der Waals surface area contributed by atoms with Gasteiger partial charge in [-0.1, -0.05) is 12.1 Å². The van der Waals surface area contributed by atoms with E-state index < -0.39 is 11.9 Å². The number of phenols is 1. The van der Waals surface area contributed by atoms with Crippen LogP contribution in [0.4, 0.5) is 0 Å². The van der Waals surface area contributed by atoms with Crippen LogP contribution in [0.25, 0.3) is 0 Å². The van der Waals surface area contributed by atoms with Gasteiger partial charge in [0.1, 0.15) is 22.8 Å². The summed E-state index contributed by atoms with van der Waals surface area (Å²) in [7, 11) is 0. The SMILES string of the molecule is NC(=O)c1cc(Oc2ccccc2C(=O)O)ccc1O. The monoisotopic (exact) mass is 273 g/mol. The van der Waals surface area contributed by atoms with Gasteiger partial charge < -0.3 is 20.7 Å². The van der Waals surface area contributed by atoms with Crippen molar-refractivity contribution in [2.45, 2.75) is 0 Å². The fourth-order valence-electron chi connectivity index (χ4n) is 1.64. The van der Waals surface area contributed by atoms with Crippen LogP contribution < -0.4 is 10.5 Å². The molecule has 0 fully saturated rings. The minimum Gasteiger partial charge on any atom is -0.507 e. The summed E-state index contributed by atoms with van der Waals surface area (Å²) in [5.41, 5.74) is 4.99. The normalized spacial score (nSPS) is 10.0. The summed E-state index contributed by atoms with van der Waals surface area (Å²) < 4.78 is 5.42. The number of carboxylic acid groups (broad SMARTS) is 1. The van der Waals surface area contributed by atoms with Gasteiger partial charge in [-0.2, -0.15) is 0 Å². The first kappa shape index (κ1) is 13.4. The van der Waals surface area contributed by atoms with Gasteiger partial charge in [0.2, 0.25) is 0 Å². The van der Waals surface area contributed by atoms with Crippen LogP contribution in [-0.2, 0) is 0 Å². The Morgan fingerprint density at radius 3 is 2.40 bits per heavy atom. The molecule has 2 rings (SSSR count). The highest BCUT2D eigenvalue weighted by molar-refractivity contribution is 5.96. The number of amides is 1. The Morgan fingerprint density at radius 1 is 1.05 bits per heavy atom. The standard InChI is InChI=1S/C14H11NO5/c15-13(17)10-7-8(5-6-11(10)16)20-12-4-2-1-3-9(12)14(18)19/h1-7,16H,(H2,15,17)(H,18,19). The lowest BCUT2D eigenvalue weighted by atomic mass is 10.1. The first-order valence-corrected chi connectivity index (χ1v) is 5.62. The molecule has 0 saturated heterocycles. The van der Waals surface area contributed by atoms with Crippen molar-refractivity contribution in [3.8, 4) is 17.2 Å². The number of carbonyl (C=O) groups is 2. The Hall–Kier alpha value is -3.02. The minimum absolute atomic E-state index is 0.0128. The molecule has 0 saturated carbocycles. The van der Waals surface area contributed by atoms with Crippen LogP contribution >= 0.6 is 0 Å². The number of carbonyl (C=O) groups excluding carboxylic acids is 1. The van der Waals surface area contributed by atoms with Gasteiger partial charge in [0.25, 0.3) is 5.91 Å². The van der Waals surface area contributed by atoms with Gasteiger partial charge in [0, 0.05) is 0 Å². The maximum atomic E-state index is 11.1. The van der Waals surface area contributed by atoms with Gasteiger partial charge in [-0.15, -0.1) is 0 Å². The summed E-state index contributed by atoms with van der Waals surface area (Å²) in [6.45, 7) is 0. The Morgan fingerprint density at radius 2 is 1.75 bits per heavy atom. The lowest BCUT2D eigenvalue weighted by Gasteiger charge is -2.09. The molecular formula is C14H11NO5. The van der Waals surface area contributed by atoms with E-state index in [9.17, 15) is 14.7 Å². The Kier molecular flexibility index (Phi) is 3.56. The van der Waals surface area contributed by atoms with Crippen LogP contribution in [0.15, 0.2) is 42.5 Å². The third-order valence-electron chi connectivity index (χ3n) is 2.58. The van der Waals surface area contributed by atoms with E-state index in [1.165, 1.54) is 30.3 Å². The van der Waals surface area contributed by atoms with Crippen molar-refractivity contribution < 1.29 is 24.5 Å². The van der Waals surface area contributed by atoms with E-state index in [-0.39, 0.29) is 28.4 Å². The molecule has 0 aromatic heterocycles. The van der Waals surface area contributed by atoms with E-state index in [0.717, 1.165) is 0 Å². The van der Waals surface area contributed by atoms with Crippen LogP contribution in [0.5, 0.6) is 17.2 Å². The smallest absolute Gasteiger partial charge is 0.339 e. The molecule has 0 spiro atoms. The average Bonchev–Trinajstić information content (AvgIpc) is 2.41. The van der Waals surface area contributed by atoms with Crippen molar-refractivity contribution >= 4 is 11.9 Å². The Bertz CT molecular complexity index is 681. The predicted octanol–water partition coefficient (Wildman–Crippen LogP) is 1.98. The summed E-state index contributed by atoms with van der Waals surface area (Å²) in [6.07, 6.45) is 0. The molecule has 2 aromatic carbocycles. The van der Waals surface area contributed by atoms with Crippen LogP contribution in [0, 0.1) is 0 Å². The number of primary amides is 1. The summed E-state index contributed by atoms with van der Waals surface area (Å²) in [5.74, 6) is -1.88. The zero-order valence-electron chi connectivity index (χ0n) is 10.2. The Balaban J connectivity index is 2.38. The lowest BCUT2D eigenvalue weighted by molar-refractivity contribution is 0.0694. The molecule has 102 valence electrons. The fourth-order valence-corrected chi connectivity index (χ4v) is 1.64. The molecule has 0 aliphatic rings. The molecule has 0 atom stereocenters. The summed E-state index contributed by atoms with van der Waals surface area (Å²) in [5, 5.41) is 18.5. The Labute approximate surface area is 114 Å². The number of carboxylic acids is 1. The quantitative estimate of drug-likeness (QED) is 0.789. The minimum atomic E-state index is -1.13. The number of ether oxygens (including phenoxy) is 1. The number of aromatic hydroxyl groups is 1. The van der Waals surface area contributed by atoms with E-state index in [1.807, 2.05) is 0 Å². The van der Waals surface area contributed by atoms with Gasteiger partial charge in [0.15, 0.2) is 0 Å². The highest BCUT2D eigenvalue weighted by Crippen LogP contribution is 2.28. The third kappa shape index (κ3) is 2.69. The van der Waals surface area contributed by atoms with Crippen molar-refractivity contribution in [3.05, 3.63) is 53.6 Å². The number of aromatic carboxylic acids is 1. The second-order valence-electron chi connectivity index (χ2n) is 3.95. The van der Waals surface area contributed by atoms with Gasteiger partial charge >= 0.3 is 5.97 Å². The number of benzene rings is 2. The molecule has 1 amide bonds. The van der Waals surface area contributed by atoms with Gasteiger partial charge in [-0.3, -0.25) is 4.79 Å².